The van der Waals surface area contributed by atoms with Gasteiger partial charge in [0, 0.05) is 11.8 Å². The van der Waals surface area contributed by atoms with Gasteiger partial charge in [-0.1, -0.05) is 136 Å². The molecule has 0 bridgehead atoms. The number of allylic oxidation sites excluding steroid dienone is 4. The van der Waals surface area contributed by atoms with Crippen LogP contribution < -0.4 is 10.4 Å². The second-order valence-corrected chi connectivity index (χ2v) is 10.6. The van der Waals surface area contributed by atoms with E-state index in [-0.39, 0.29) is 11.8 Å². The summed E-state index contributed by atoms with van der Waals surface area (Å²) in [6.07, 6.45) is 14.7. The monoisotopic (exact) mass is 514 g/mol. The lowest BCUT2D eigenvalue weighted by Gasteiger charge is -2.33. The fourth-order valence-corrected chi connectivity index (χ4v) is 6.81. The maximum absolute atomic E-state index is 4.76. The van der Waals surface area contributed by atoms with E-state index in [1.54, 1.807) is 0 Å². The van der Waals surface area contributed by atoms with Crippen molar-refractivity contribution in [2.75, 3.05) is 0 Å². The second kappa shape index (κ2) is 10.5. The van der Waals surface area contributed by atoms with Crippen molar-refractivity contribution in [2.45, 2.75) is 18.8 Å². The Bertz CT molecular complexity index is 1890. The molecule has 0 nitrogen and oxygen atoms in total. The van der Waals surface area contributed by atoms with Gasteiger partial charge in [-0.3, -0.25) is 0 Å². The van der Waals surface area contributed by atoms with Crippen LogP contribution in [-0.2, 0) is 0 Å². The maximum atomic E-state index is 4.76. The Kier molecular flexibility index (Phi) is 6.70. The smallest absolute Gasteiger partial charge is 0.0193 e. The highest BCUT2D eigenvalue weighted by atomic mass is 14.3. The number of fused-ring (bicyclic) bond motifs is 3. The molecule has 0 heteroatoms. The summed E-state index contributed by atoms with van der Waals surface area (Å²) in [6.45, 7) is 22.1. The molecular weight excluding hydrogens is 480 g/mol. The number of benzene rings is 4. The molecule has 0 heterocycles. The molecule has 4 aromatic carbocycles. The van der Waals surface area contributed by atoms with Crippen LogP contribution in [0.3, 0.4) is 0 Å². The van der Waals surface area contributed by atoms with Gasteiger partial charge in [0.2, 0.25) is 0 Å². The molecule has 6 rings (SSSR count). The van der Waals surface area contributed by atoms with Gasteiger partial charge in [0.25, 0.3) is 0 Å². The van der Waals surface area contributed by atoms with Crippen molar-refractivity contribution in [2.24, 2.45) is 5.92 Å². The van der Waals surface area contributed by atoms with Crippen molar-refractivity contribution in [1.82, 2.24) is 0 Å². The zero-order chi connectivity index (χ0) is 27.8. The highest BCUT2D eigenvalue weighted by molar-refractivity contribution is 6.07. The molecule has 2 unspecified atom stereocenters. The Hall–Kier alpha value is -4.68. The van der Waals surface area contributed by atoms with E-state index in [1.807, 2.05) is 18.2 Å². The summed E-state index contributed by atoms with van der Waals surface area (Å²) in [5.41, 5.74) is 10.5. The average molecular weight is 515 g/mol. The SMILES string of the molecule is C=Cc1c(C=C)c(C2=c3ccccc3=CCC2)c2ccccc2c1C(=C)C(C=C)C1C(=C)C=Cc2ccccc21. The summed E-state index contributed by atoms with van der Waals surface area (Å²) in [6, 6.07) is 26.0. The molecular formula is C40H34. The minimum atomic E-state index is -0.0399. The molecule has 0 N–H and O–H groups in total. The standard InChI is InChI=1S/C40H34/c1-6-30(38-26(4)24-25-29-17-10-12-20-34(29)38)27(5)39-31(7-2)32(8-3)40(37-22-14-13-21-36(37)39)35-23-15-18-28-16-9-11-19-33(28)35/h6-14,16-22,24-25,30,38H,1-5,15,23H2. The van der Waals surface area contributed by atoms with Crippen LogP contribution in [0.15, 0.2) is 123 Å². The largest absolute Gasteiger partial charge is 0.102 e. The van der Waals surface area contributed by atoms with Gasteiger partial charge in [-0.2, -0.15) is 0 Å². The molecule has 0 saturated carbocycles. The molecule has 2 atom stereocenters. The molecule has 0 aliphatic heterocycles. The highest BCUT2D eigenvalue weighted by Gasteiger charge is 2.31. The summed E-state index contributed by atoms with van der Waals surface area (Å²) in [4.78, 5) is 0. The first-order valence-corrected chi connectivity index (χ1v) is 14.0. The molecule has 2 aliphatic rings. The summed E-state index contributed by atoms with van der Waals surface area (Å²) < 4.78 is 0. The van der Waals surface area contributed by atoms with Gasteiger partial charge >= 0.3 is 0 Å². The molecule has 0 aromatic heterocycles. The molecule has 4 aromatic rings. The van der Waals surface area contributed by atoms with Crippen LogP contribution in [0.5, 0.6) is 0 Å². The fourth-order valence-electron chi connectivity index (χ4n) is 6.81. The van der Waals surface area contributed by atoms with Gasteiger partial charge in [0.05, 0.1) is 0 Å². The minimum Gasteiger partial charge on any atom is -0.102 e. The lowest BCUT2D eigenvalue weighted by molar-refractivity contribution is 0.700. The lowest BCUT2D eigenvalue weighted by atomic mass is 9.70. The zero-order valence-electron chi connectivity index (χ0n) is 23.0. The van der Waals surface area contributed by atoms with Crippen molar-refractivity contribution in [3.05, 3.63) is 167 Å². The third kappa shape index (κ3) is 4.00. The van der Waals surface area contributed by atoms with Crippen LogP contribution in [0.1, 0.15) is 52.1 Å². The Balaban J connectivity index is 1.64. The van der Waals surface area contributed by atoms with E-state index >= 15 is 0 Å². The van der Waals surface area contributed by atoms with Crippen LogP contribution in [-0.4, -0.2) is 0 Å². The molecule has 0 saturated heterocycles. The predicted molar refractivity (Wildman–Crippen MR) is 176 cm³/mol. The van der Waals surface area contributed by atoms with Gasteiger partial charge in [0.1, 0.15) is 0 Å². The summed E-state index contributed by atoms with van der Waals surface area (Å²) >= 11 is 0. The zero-order valence-corrected chi connectivity index (χ0v) is 23.0. The van der Waals surface area contributed by atoms with Gasteiger partial charge in [-0.25, -0.2) is 0 Å². The third-order valence-corrected chi connectivity index (χ3v) is 8.59. The Morgan fingerprint density at radius 2 is 1.50 bits per heavy atom. The van der Waals surface area contributed by atoms with Crippen molar-refractivity contribution in [3.8, 4) is 0 Å². The summed E-state index contributed by atoms with van der Waals surface area (Å²) in [5, 5.41) is 5.00. The van der Waals surface area contributed by atoms with Crippen molar-refractivity contribution in [1.29, 1.82) is 0 Å². The molecule has 0 spiro atoms. The van der Waals surface area contributed by atoms with E-state index in [1.165, 1.54) is 43.5 Å². The van der Waals surface area contributed by atoms with Gasteiger partial charge in [0.15, 0.2) is 0 Å². The van der Waals surface area contributed by atoms with Crippen molar-refractivity contribution >= 4 is 46.2 Å². The number of hydrogen-bond donors (Lipinski definition) is 0. The van der Waals surface area contributed by atoms with E-state index < -0.39 is 0 Å². The maximum Gasteiger partial charge on any atom is 0.0193 e. The van der Waals surface area contributed by atoms with Crippen LogP contribution >= 0.6 is 0 Å². The van der Waals surface area contributed by atoms with Crippen LogP contribution in [0.4, 0.5) is 0 Å². The average Bonchev–Trinajstić information content (AvgIpc) is 3.00. The van der Waals surface area contributed by atoms with E-state index in [9.17, 15) is 0 Å². The fraction of sp³-hybridized carbons (Fsp3) is 0.100. The van der Waals surface area contributed by atoms with Crippen LogP contribution in [0.2, 0.25) is 0 Å². The summed E-state index contributed by atoms with van der Waals surface area (Å²) in [5.74, 6) is 0.0199. The van der Waals surface area contributed by atoms with E-state index in [0.29, 0.717) is 0 Å². The van der Waals surface area contributed by atoms with Gasteiger partial charge in [-0.05, 0) is 84.2 Å². The molecule has 2 aliphatic carbocycles. The van der Waals surface area contributed by atoms with E-state index in [0.717, 1.165) is 40.7 Å². The summed E-state index contributed by atoms with van der Waals surface area (Å²) in [7, 11) is 0. The molecule has 0 radical (unpaired) electrons. The predicted octanol–water partition coefficient (Wildman–Crippen LogP) is 9.08. The third-order valence-electron chi connectivity index (χ3n) is 8.59. The first-order chi connectivity index (χ1) is 19.6. The first-order valence-electron chi connectivity index (χ1n) is 14.0. The Morgan fingerprint density at radius 3 is 2.27 bits per heavy atom. The van der Waals surface area contributed by atoms with E-state index in [2.05, 4.69) is 117 Å². The number of rotatable bonds is 7. The molecule has 194 valence electrons. The normalized spacial score (nSPS) is 16.4. The topological polar surface area (TPSA) is 0 Å². The first kappa shape index (κ1) is 25.6. The quantitative estimate of drug-likeness (QED) is 0.216. The lowest BCUT2D eigenvalue weighted by Crippen LogP contribution is -2.29. The Morgan fingerprint density at radius 1 is 0.800 bits per heavy atom. The molecule has 40 heavy (non-hydrogen) atoms. The Labute approximate surface area is 237 Å². The van der Waals surface area contributed by atoms with Crippen LogP contribution in [0, 0.1) is 5.92 Å². The van der Waals surface area contributed by atoms with Gasteiger partial charge in [-0.15, -0.1) is 6.58 Å². The minimum absolute atomic E-state index is 0.0399. The molecule has 0 amide bonds. The van der Waals surface area contributed by atoms with Crippen molar-refractivity contribution in [3.63, 3.8) is 0 Å². The number of hydrogen-bond acceptors (Lipinski definition) is 0. The van der Waals surface area contributed by atoms with Gasteiger partial charge < -0.3 is 0 Å². The molecule has 0 fully saturated rings. The second-order valence-electron chi connectivity index (χ2n) is 10.6. The van der Waals surface area contributed by atoms with Crippen LogP contribution in [0.25, 0.3) is 46.2 Å². The van der Waals surface area contributed by atoms with E-state index in [4.69, 9.17) is 6.58 Å². The highest BCUT2D eigenvalue weighted by Crippen LogP contribution is 2.47. The van der Waals surface area contributed by atoms with Crippen molar-refractivity contribution < 1.29 is 0 Å².